The molecule has 2 rings (SSSR count). The number of benzene rings is 2. The van der Waals surface area contributed by atoms with E-state index < -0.39 is 5.78 Å². The Morgan fingerprint density at radius 3 is 2.34 bits per heavy atom. The van der Waals surface area contributed by atoms with Crippen molar-refractivity contribution in [2.45, 2.75) is 33.6 Å². The van der Waals surface area contributed by atoms with Crippen LogP contribution < -0.4 is 0 Å². The minimum atomic E-state index is -0.414. The van der Waals surface area contributed by atoms with Crippen molar-refractivity contribution in [1.29, 1.82) is 0 Å². The maximum absolute atomic E-state index is 12.6. The Morgan fingerprint density at radius 1 is 1.03 bits per heavy atom. The molecule has 2 aromatic rings. The molecule has 4 heteroatoms. The maximum atomic E-state index is 12.6. The largest absolute Gasteiger partial charge is 0.508 e. The van der Waals surface area contributed by atoms with Gasteiger partial charge in [0.1, 0.15) is 17.2 Å². The number of rotatable bonds is 8. The zero-order valence-corrected chi connectivity index (χ0v) is 17.1. The van der Waals surface area contributed by atoms with Crippen LogP contribution in [0.15, 0.2) is 66.3 Å². The van der Waals surface area contributed by atoms with Gasteiger partial charge in [-0.2, -0.15) is 0 Å². The molecule has 0 spiro atoms. The van der Waals surface area contributed by atoms with E-state index in [1.165, 1.54) is 35.9 Å². The lowest BCUT2D eigenvalue weighted by Crippen LogP contribution is -2.07. The Bertz CT molecular complexity index is 963. The highest BCUT2D eigenvalue weighted by molar-refractivity contribution is 6.09. The number of ketones is 1. The quantitative estimate of drug-likeness (QED) is 0.302. The van der Waals surface area contributed by atoms with Crippen molar-refractivity contribution in [2.75, 3.05) is 0 Å². The monoisotopic (exact) mass is 392 g/mol. The van der Waals surface area contributed by atoms with Gasteiger partial charge in [0.05, 0.1) is 5.56 Å². The molecule has 0 radical (unpaired) electrons. The van der Waals surface area contributed by atoms with Gasteiger partial charge in [-0.3, -0.25) is 4.79 Å². The lowest BCUT2D eigenvalue weighted by molar-refractivity contribution is 0.104. The summed E-state index contributed by atoms with van der Waals surface area (Å²) in [6, 6.07) is 9.49. The van der Waals surface area contributed by atoms with Crippen molar-refractivity contribution < 1.29 is 20.1 Å². The molecule has 4 nitrogen and oxygen atoms in total. The number of phenols is 3. The van der Waals surface area contributed by atoms with Crippen molar-refractivity contribution in [3.63, 3.8) is 0 Å². The van der Waals surface area contributed by atoms with Gasteiger partial charge in [0.2, 0.25) is 0 Å². The van der Waals surface area contributed by atoms with Gasteiger partial charge in [-0.1, -0.05) is 42.0 Å². The van der Waals surface area contributed by atoms with Gasteiger partial charge in [0, 0.05) is 11.1 Å². The van der Waals surface area contributed by atoms with Gasteiger partial charge in [0.15, 0.2) is 5.78 Å². The van der Waals surface area contributed by atoms with E-state index in [0.29, 0.717) is 17.5 Å². The fourth-order valence-electron chi connectivity index (χ4n) is 2.99. The average Bonchev–Trinajstić information content (AvgIpc) is 2.66. The standard InChI is InChI=1S/C25H28O4/c1-16(2)9-10-19(17(3)4)15-21-24(28)14-12-20(25(21)29)23(27)13-11-18-7-5-6-8-22(18)26/h5-9,11-14,19,26,28-29H,3,10,15H2,1-2,4H3/b13-11+. The topological polar surface area (TPSA) is 77.8 Å². The lowest BCUT2D eigenvalue weighted by atomic mass is 9.88. The van der Waals surface area contributed by atoms with E-state index in [-0.39, 0.29) is 28.7 Å². The molecule has 0 amide bonds. The van der Waals surface area contributed by atoms with Crippen molar-refractivity contribution >= 4 is 11.9 Å². The van der Waals surface area contributed by atoms with E-state index in [1.807, 2.05) is 20.8 Å². The van der Waals surface area contributed by atoms with Crippen molar-refractivity contribution in [1.82, 2.24) is 0 Å². The second kappa shape index (κ2) is 9.78. The molecule has 1 unspecified atom stereocenters. The third kappa shape index (κ3) is 5.85. The summed E-state index contributed by atoms with van der Waals surface area (Å²) in [6.07, 6.45) is 6.00. The normalized spacial score (nSPS) is 12.0. The fourth-order valence-corrected chi connectivity index (χ4v) is 2.99. The van der Waals surface area contributed by atoms with Crippen LogP contribution in [0.1, 0.15) is 48.7 Å². The molecule has 0 aromatic heterocycles. The first-order valence-electron chi connectivity index (χ1n) is 9.53. The molecule has 3 N–H and O–H groups in total. The van der Waals surface area contributed by atoms with Crippen LogP contribution in [0.5, 0.6) is 17.2 Å². The Balaban J connectivity index is 2.32. The molecule has 0 saturated heterocycles. The minimum absolute atomic E-state index is 0.0314. The highest BCUT2D eigenvalue weighted by Gasteiger charge is 2.20. The summed E-state index contributed by atoms with van der Waals surface area (Å²) in [6.45, 7) is 9.97. The Kier molecular flexibility index (Phi) is 7.43. The van der Waals surface area contributed by atoms with E-state index in [2.05, 4.69) is 12.7 Å². The summed E-state index contributed by atoms with van der Waals surface area (Å²) in [5.41, 5.74) is 3.07. The van der Waals surface area contributed by atoms with Crippen LogP contribution in [0.4, 0.5) is 0 Å². The van der Waals surface area contributed by atoms with Crippen LogP contribution >= 0.6 is 0 Å². The Hall–Kier alpha value is -3.27. The molecule has 0 aliphatic carbocycles. The van der Waals surface area contributed by atoms with E-state index in [9.17, 15) is 20.1 Å². The van der Waals surface area contributed by atoms with Gasteiger partial charge in [-0.05, 0) is 69.9 Å². The number of carbonyl (C=O) groups excluding carboxylic acids is 1. The predicted molar refractivity (Wildman–Crippen MR) is 117 cm³/mol. The Labute approximate surface area is 172 Å². The molecule has 0 saturated carbocycles. The fraction of sp³-hybridized carbons (Fsp3) is 0.240. The van der Waals surface area contributed by atoms with E-state index in [1.54, 1.807) is 18.2 Å². The van der Waals surface area contributed by atoms with Gasteiger partial charge < -0.3 is 15.3 Å². The lowest BCUT2D eigenvalue weighted by Gasteiger charge is -2.18. The van der Waals surface area contributed by atoms with Crippen LogP contribution in [-0.4, -0.2) is 21.1 Å². The number of hydrogen-bond acceptors (Lipinski definition) is 4. The summed E-state index contributed by atoms with van der Waals surface area (Å²) in [5, 5.41) is 30.8. The zero-order valence-electron chi connectivity index (χ0n) is 17.1. The van der Waals surface area contributed by atoms with Crippen LogP contribution in [0.25, 0.3) is 6.08 Å². The number of allylic oxidation sites excluding steroid dienone is 4. The second-order valence-electron chi connectivity index (χ2n) is 7.48. The molecule has 152 valence electrons. The van der Waals surface area contributed by atoms with Crippen LogP contribution in [0.3, 0.4) is 0 Å². The molecule has 0 bridgehead atoms. The van der Waals surface area contributed by atoms with Gasteiger partial charge >= 0.3 is 0 Å². The predicted octanol–water partition coefficient (Wildman–Crippen LogP) is 5.79. The molecular weight excluding hydrogens is 364 g/mol. The number of carbonyl (C=O) groups is 1. The van der Waals surface area contributed by atoms with Crippen LogP contribution in [-0.2, 0) is 6.42 Å². The first kappa shape index (κ1) is 22.0. The number of phenolic OH excluding ortho intramolecular Hbond substituents is 3. The van der Waals surface area contributed by atoms with Crippen LogP contribution in [0, 0.1) is 5.92 Å². The van der Waals surface area contributed by atoms with Crippen molar-refractivity contribution in [2.24, 2.45) is 5.92 Å². The highest BCUT2D eigenvalue weighted by atomic mass is 16.3. The van der Waals surface area contributed by atoms with E-state index in [0.717, 1.165) is 12.0 Å². The highest BCUT2D eigenvalue weighted by Crippen LogP contribution is 2.35. The molecule has 29 heavy (non-hydrogen) atoms. The van der Waals surface area contributed by atoms with Crippen molar-refractivity contribution in [3.8, 4) is 17.2 Å². The molecule has 0 aliphatic heterocycles. The molecule has 2 aromatic carbocycles. The SMILES string of the molecule is C=C(C)C(CC=C(C)C)Cc1c(O)ccc(C(=O)/C=C/c2ccccc2O)c1O. The second-order valence-corrected chi connectivity index (χ2v) is 7.48. The van der Waals surface area contributed by atoms with Crippen LogP contribution in [0.2, 0.25) is 0 Å². The minimum Gasteiger partial charge on any atom is -0.508 e. The maximum Gasteiger partial charge on any atom is 0.189 e. The molecule has 0 fully saturated rings. The third-order valence-corrected chi connectivity index (χ3v) is 4.83. The summed E-state index contributed by atoms with van der Waals surface area (Å²) in [4.78, 5) is 12.6. The number of hydrogen-bond donors (Lipinski definition) is 3. The van der Waals surface area contributed by atoms with Gasteiger partial charge in [-0.15, -0.1) is 0 Å². The molecular formula is C25H28O4. The smallest absolute Gasteiger partial charge is 0.189 e. The molecule has 0 aliphatic rings. The third-order valence-electron chi connectivity index (χ3n) is 4.83. The molecule has 0 heterocycles. The average molecular weight is 392 g/mol. The molecule has 1 atom stereocenters. The first-order valence-corrected chi connectivity index (χ1v) is 9.53. The Morgan fingerprint density at radius 2 is 1.72 bits per heavy atom. The number of para-hydroxylation sites is 1. The summed E-state index contributed by atoms with van der Waals surface area (Å²) < 4.78 is 0. The van der Waals surface area contributed by atoms with E-state index in [4.69, 9.17) is 0 Å². The summed E-state index contributed by atoms with van der Waals surface area (Å²) in [7, 11) is 0. The number of aromatic hydroxyl groups is 3. The summed E-state index contributed by atoms with van der Waals surface area (Å²) >= 11 is 0. The van der Waals surface area contributed by atoms with Gasteiger partial charge in [0.25, 0.3) is 0 Å². The summed E-state index contributed by atoms with van der Waals surface area (Å²) in [5.74, 6) is -0.588. The first-order chi connectivity index (χ1) is 13.7. The van der Waals surface area contributed by atoms with Gasteiger partial charge in [-0.25, -0.2) is 0 Å². The zero-order chi connectivity index (χ0) is 21.6. The van der Waals surface area contributed by atoms with E-state index >= 15 is 0 Å². The van der Waals surface area contributed by atoms with Crippen molar-refractivity contribution in [3.05, 3.63) is 83.0 Å².